The summed E-state index contributed by atoms with van der Waals surface area (Å²) in [6.07, 6.45) is 0.413. The minimum atomic E-state index is -0.0867. The van der Waals surface area contributed by atoms with E-state index in [0.29, 0.717) is 17.2 Å². The zero-order chi connectivity index (χ0) is 16.7. The van der Waals surface area contributed by atoms with Crippen LogP contribution in [0.15, 0.2) is 58.5 Å². The van der Waals surface area contributed by atoms with Gasteiger partial charge in [-0.1, -0.05) is 23.7 Å². The summed E-state index contributed by atoms with van der Waals surface area (Å²) in [6.45, 7) is 1.88. The second kappa shape index (κ2) is 9.30. The molecule has 6 heteroatoms. The Balaban J connectivity index is 1.77. The average molecular weight is 459 g/mol. The lowest BCUT2D eigenvalue weighted by atomic mass is 10.1. The number of nitrogens with zero attached hydrogens (tertiary/aromatic N) is 1. The summed E-state index contributed by atoms with van der Waals surface area (Å²) >= 11 is 9.71. The zero-order valence-electron chi connectivity index (χ0n) is 12.6. The Bertz CT molecular complexity index is 687. The predicted molar refractivity (Wildman–Crippen MR) is 106 cm³/mol. The third kappa shape index (κ3) is 6.53. The lowest BCUT2D eigenvalue weighted by molar-refractivity contribution is -0.120. The zero-order valence-corrected chi connectivity index (χ0v) is 16.3. The van der Waals surface area contributed by atoms with E-state index in [1.54, 1.807) is 11.8 Å². The highest BCUT2D eigenvalue weighted by atomic mass is 127. The van der Waals surface area contributed by atoms with Crippen LogP contribution in [0.2, 0.25) is 5.02 Å². The molecule has 0 aliphatic carbocycles. The van der Waals surface area contributed by atoms with Gasteiger partial charge in [-0.3, -0.25) is 4.79 Å². The number of amides is 1. The topological polar surface area (TPSA) is 41.5 Å². The Morgan fingerprint density at radius 2 is 1.83 bits per heavy atom. The van der Waals surface area contributed by atoms with Gasteiger partial charge < -0.3 is 0 Å². The minimum Gasteiger partial charge on any atom is -0.273 e. The Hall–Kier alpha value is -1.05. The molecule has 1 amide bonds. The van der Waals surface area contributed by atoms with E-state index in [1.165, 1.54) is 3.57 Å². The van der Waals surface area contributed by atoms with Crippen LogP contribution in [0.25, 0.3) is 0 Å². The summed E-state index contributed by atoms with van der Waals surface area (Å²) in [5, 5.41) is 4.86. The van der Waals surface area contributed by atoms with Gasteiger partial charge in [-0.15, -0.1) is 11.8 Å². The predicted octanol–water partition coefficient (Wildman–Crippen LogP) is 4.97. The van der Waals surface area contributed by atoms with Crippen molar-refractivity contribution in [1.29, 1.82) is 0 Å². The SMILES string of the molecule is C/C(=N/NC(=O)CCSc1ccc(Cl)cc1)c1ccc(I)cc1. The van der Waals surface area contributed by atoms with E-state index < -0.39 is 0 Å². The lowest BCUT2D eigenvalue weighted by Gasteiger charge is -2.04. The van der Waals surface area contributed by atoms with Gasteiger partial charge in [0.2, 0.25) is 5.91 Å². The molecule has 0 aromatic heterocycles. The average Bonchev–Trinajstić information content (AvgIpc) is 2.55. The normalized spacial score (nSPS) is 11.3. The fraction of sp³-hybridized carbons (Fsp3) is 0.176. The lowest BCUT2D eigenvalue weighted by Crippen LogP contribution is -2.19. The first kappa shape index (κ1) is 18.3. The van der Waals surface area contributed by atoms with E-state index in [0.717, 1.165) is 16.2 Å². The molecule has 1 N–H and O–H groups in total. The monoisotopic (exact) mass is 458 g/mol. The van der Waals surface area contributed by atoms with Gasteiger partial charge in [0.25, 0.3) is 0 Å². The van der Waals surface area contributed by atoms with Gasteiger partial charge in [-0.2, -0.15) is 5.10 Å². The summed E-state index contributed by atoms with van der Waals surface area (Å²) in [5.74, 6) is 0.613. The van der Waals surface area contributed by atoms with E-state index in [9.17, 15) is 4.79 Å². The molecule has 0 heterocycles. The molecule has 3 nitrogen and oxygen atoms in total. The van der Waals surface area contributed by atoms with E-state index in [4.69, 9.17) is 11.6 Å². The number of carbonyl (C=O) groups is 1. The van der Waals surface area contributed by atoms with Gasteiger partial charge in [0, 0.05) is 25.7 Å². The molecule has 0 bridgehead atoms. The molecule has 0 saturated heterocycles. The Morgan fingerprint density at radius 3 is 2.48 bits per heavy atom. The first-order valence-electron chi connectivity index (χ1n) is 7.02. The Morgan fingerprint density at radius 1 is 1.17 bits per heavy atom. The van der Waals surface area contributed by atoms with Crippen LogP contribution in [0.4, 0.5) is 0 Å². The van der Waals surface area contributed by atoms with Gasteiger partial charge in [-0.05, 0) is 71.5 Å². The van der Waals surface area contributed by atoms with Gasteiger partial charge in [-0.25, -0.2) is 5.43 Å². The second-order valence-electron chi connectivity index (χ2n) is 4.79. The number of hydrogen-bond acceptors (Lipinski definition) is 3. The van der Waals surface area contributed by atoms with Crippen LogP contribution in [-0.2, 0) is 4.79 Å². The van der Waals surface area contributed by atoms with Crippen molar-refractivity contribution in [3.63, 3.8) is 0 Å². The number of hydrazone groups is 1. The summed E-state index contributed by atoms with van der Waals surface area (Å²) in [5.41, 5.74) is 4.40. The molecule has 2 aromatic rings. The highest BCUT2D eigenvalue weighted by Gasteiger charge is 2.03. The van der Waals surface area contributed by atoms with Crippen molar-refractivity contribution in [1.82, 2.24) is 5.43 Å². The minimum absolute atomic E-state index is 0.0867. The van der Waals surface area contributed by atoms with Crippen LogP contribution >= 0.6 is 46.0 Å². The maximum atomic E-state index is 11.8. The maximum Gasteiger partial charge on any atom is 0.240 e. The molecule has 0 saturated carbocycles. The molecule has 120 valence electrons. The molecule has 0 spiro atoms. The smallest absolute Gasteiger partial charge is 0.240 e. The number of nitrogens with one attached hydrogen (secondary N) is 1. The summed E-state index contributed by atoms with van der Waals surface area (Å²) < 4.78 is 1.17. The number of thioether (sulfide) groups is 1. The van der Waals surface area contributed by atoms with Crippen molar-refractivity contribution in [2.75, 3.05) is 5.75 Å². The molecule has 23 heavy (non-hydrogen) atoms. The molecule has 2 rings (SSSR count). The number of hydrogen-bond donors (Lipinski definition) is 1. The van der Waals surface area contributed by atoms with Gasteiger partial charge in [0.1, 0.15) is 0 Å². The van der Waals surface area contributed by atoms with Crippen LogP contribution in [0.5, 0.6) is 0 Å². The summed E-state index contributed by atoms with van der Waals surface area (Å²) in [7, 11) is 0. The quantitative estimate of drug-likeness (QED) is 0.287. The van der Waals surface area contributed by atoms with Gasteiger partial charge in [0.05, 0.1) is 5.71 Å². The molecular formula is C17H16ClIN2OS. The van der Waals surface area contributed by atoms with Crippen LogP contribution < -0.4 is 5.43 Å². The third-order valence-corrected chi connectivity index (χ3v) is 5.01. The van der Waals surface area contributed by atoms with Crippen molar-refractivity contribution in [3.05, 3.63) is 62.7 Å². The molecule has 0 fully saturated rings. The Kier molecular flexibility index (Phi) is 7.39. The van der Waals surface area contributed by atoms with Crippen molar-refractivity contribution in [3.8, 4) is 0 Å². The molecule has 0 atom stereocenters. The third-order valence-electron chi connectivity index (χ3n) is 3.02. The van der Waals surface area contributed by atoms with Crippen LogP contribution in [0, 0.1) is 3.57 Å². The number of halogens is 2. The van der Waals surface area contributed by atoms with E-state index in [-0.39, 0.29) is 5.91 Å². The molecule has 0 radical (unpaired) electrons. The van der Waals surface area contributed by atoms with E-state index >= 15 is 0 Å². The standard InChI is InChI=1S/C17H16ClIN2OS/c1-12(13-2-6-15(19)7-3-13)20-21-17(22)10-11-23-16-8-4-14(18)5-9-16/h2-9H,10-11H2,1H3,(H,21,22)/b20-12-. The summed E-state index contributed by atoms with van der Waals surface area (Å²) in [4.78, 5) is 12.9. The highest BCUT2D eigenvalue weighted by molar-refractivity contribution is 14.1. The molecule has 0 unspecified atom stereocenters. The Labute approximate surface area is 159 Å². The number of carbonyl (C=O) groups excluding carboxylic acids is 1. The largest absolute Gasteiger partial charge is 0.273 e. The van der Waals surface area contributed by atoms with E-state index in [1.807, 2.05) is 55.5 Å². The van der Waals surface area contributed by atoms with Gasteiger partial charge in [0.15, 0.2) is 0 Å². The molecule has 2 aromatic carbocycles. The number of benzene rings is 2. The van der Waals surface area contributed by atoms with Crippen molar-refractivity contribution in [2.45, 2.75) is 18.2 Å². The highest BCUT2D eigenvalue weighted by Crippen LogP contribution is 2.20. The van der Waals surface area contributed by atoms with Crippen molar-refractivity contribution >= 4 is 57.6 Å². The number of rotatable bonds is 6. The van der Waals surface area contributed by atoms with E-state index in [2.05, 4.69) is 33.1 Å². The maximum absolute atomic E-state index is 11.8. The second-order valence-corrected chi connectivity index (χ2v) is 7.64. The van der Waals surface area contributed by atoms with Gasteiger partial charge >= 0.3 is 0 Å². The van der Waals surface area contributed by atoms with Crippen molar-refractivity contribution < 1.29 is 4.79 Å². The van der Waals surface area contributed by atoms with Crippen LogP contribution in [0.3, 0.4) is 0 Å². The van der Waals surface area contributed by atoms with Crippen LogP contribution in [0.1, 0.15) is 18.9 Å². The molecule has 0 aliphatic heterocycles. The van der Waals surface area contributed by atoms with Crippen LogP contribution in [-0.4, -0.2) is 17.4 Å². The van der Waals surface area contributed by atoms with Crippen molar-refractivity contribution in [2.24, 2.45) is 5.10 Å². The first-order chi connectivity index (χ1) is 11.0. The fourth-order valence-electron chi connectivity index (χ4n) is 1.75. The fourth-order valence-corrected chi connectivity index (χ4v) is 3.09. The molecular weight excluding hydrogens is 443 g/mol. The summed E-state index contributed by atoms with van der Waals surface area (Å²) in [6, 6.07) is 15.6. The molecule has 0 aliphatic rings. The first-order valence-corrected chi connectivity index (χ1v) is 9.46.